The Labute approximate surface area is 214 Å². The molecule has 2 heterocycles. The van der Waals surface area contributed by atoms with Crippen LogP contribution in [0.1, 0.15) is 69.4 Å². The summed E-state index contributed by atoms with van der Waals surface area (Å²) >= 11 is 0. The first-order valence-corrected chi connectivity index (χ1v) is 12.6. The van der Waals surface area contributed by atoms with Crippen molar-refractivity contribution in [1.82, 2.24) is 24.0 Å². The molecule has 1 aliphatic carbocycles. The number of hydrogen-bond donors (Lipinski definition) is 1. The molecule has 1 N–H and O–H groups in total. The van der Waals surface area contributed by atoms with E-state index in [1.165, 1.54) is 32.9 Å². The zero-order valence-electron chi connectivity index (χ0n) is 22.2. The number of carbonyl (C=O) groups is 1. The summed E-state index contributed by atoms with van der Waals surface area (Å²) < 4.78 is 9.60. The van der Waals surface area contributed by atoms with Crippen molar-refractivity contribution in [2.45, 2.75) is 64.6 Å². The van der Waals surface area contributed by atoms with E-state index in [1.54, 1.807) is 46.4 Å². The summed E-state index contributed by atoms with van der Waals surface area (Å²) in [4.78, 5) is 43.6. The Kier molecular flexibility index (Phi) is 5.96. The molecule has 2 aromatic heterocycles. The fraction of sp³-hybridized carbons (Fsp3) is 0.429. The van der Waals surface area contributed by atoms with E-state index in [9.17, 15) is 14.4 Å². The molecule has 37 heavy (non-hydrogen) atoms. The molecule has 0 saturated heterocycles. The van der Waals surface area contributed by atoms with Gasteiger partial charge in [0.25, 0.3) is 5.56 Å². The molecular weight excluding hydrogens is 470 g/mol. The number of amides is 1. The van der Waals surface area contributed by atoms with Gasteiger partial charge < -0.3 is 14.6 Å². The fourth-order valence-electron chi connectivity index (χ4n) is 4.93. The molecule has 4 aromatic rings. The Balaban J connectivity index is 1.51. The number of nitrogens with zero attached hydrogens (tertiary/aromatic N) is 4. The van der Waals surface area contributed by atoms with Crippen molar-refractivity contribution < 1.29 is 9.53 Å². The van der Waals surface area contributed by atoms with Gasteiger partial charge in [-0.1, -0.05) is 30.3 Å². The normalized spacial score (nSPS) is 14.8. The summed E-state index contributed by atoms with van der Waals surface area (Å²) in [6, 6.07) is 11.9. The highest BCUT2D eigenvalue weighted by molar-refractivity contribution is 5.87. The Morgan fingerprint density at radius 1 is 1.14 bits per heavy atom. The molecule has 1 atom stereocenters. The van der Waals surface area contributed by atoms with Gasteiger partial charge in [0.05, 0.1) is 12.6 Å². The summed E-state index contributed by atoms with van der Waals surface area (Å²) in [5.74, 6) is 1.09. The largest absolute Gasteiger partial charge is 0.444 e. The van der Waals surface area contributed by atoms with Gasteiger partial charge in [-0.05, 0) is 74.4 Å². The van der Waals surface area contributed by atoms with Crippen LogP contribution in [0.25, 0.3) is 21.9 Å². The summed E-state index contributed by atoms with van der Waals surface area (Å²) in [6.45, 7) is 7.26. The van der Waals surface area contributed by atoms with Crippen molar-refractivity contribution >= 4 is 28.0 Å². The summed E-state index contributed by atoms with van der Waals surface area (Å²) in [5.41, 5.74) is 1.31. The molecule has 1 amide bonds. The second kappa shape index (κ2) is 8.90. The van der Waals surface area contributed by atoms with Crippen LogP contribution in [-0.2, 0) is 25.4 Å². The lowest BCUT2D eigenvalue weighted by molar-refractivity contribution is 0.0505. The third kappa shape index (κ3) is 4.65. The maximum absolute atomic E-state index is 13.6. The number of hydrogen-bond acceptors (Lipinski definition) is 5. The smallest absolute Gasteiger partial charge is 0.408 e. The van der Waals surface area contributed by atoms with Crippen molar-refractivity contribution in [1.29, 1.82) is 0 Å². The van der Waals surface area contributed by atoms with Gasteiger partial charge >= 0.3 is 11.8 Å². The van der Waals surface area contributed by atoms with Gasteiger partial charge in [0.15, 0.2) is 11.2 Å². The quantitative estimate of drug-likeness (QED) is 0.442. The van der Waals surface area contributed by atoms with E-state index in [0.29, 0.717) is 17.3 Å². The lowest BCUT2D eigenvalue weighted by Gasteiger charge is -2.21. The van der Waals surface area contributed by atoms with E-state index in [1.807, 2.05) is 6.07 Å². The van der Waals surface area contributed by atoms with Gasteiger partial charge in [-0.3, -0.25) is 13.9 Å². The van der Waals surface area contributed by atoms with Crippen molar-refractivity contribution in [2.24, 2.45) is 14.1 Å². The molecule has 0 aliphatic heterocycles. The van der Waals surface area contributed by atoms with Gasteiger partial charge in [-0.2, -0.15) is 0 Å². The van der Waals surface area contributed by atoms with E-state index >= 15 is 0 Å². The Morgan fingerprint density at radius 3 is 2.54 bits per heavy atom. The molecule has 1 unspecified atom stereocenters. The summed E-state index contributed by atoms with van der Waals surface area (Å²) in [7, 11) is 3.31. The van der Waals surface area contributed by atoms with Crippen molar-refractivity contribution in [2.75, 3.05) is 0 Å². The first-order chi connectivity index (χ1) is 17.4. The Bertz CT molecular complexity index is 1650. The van der Waals surface area contributed by atoms with Crippen LogP contribution in [0.15, 0.2) is 46.0 Å². The number of ether oxygens (including phenoxy) is 1. The first-order valence-electron chi connectivity index (χ1n) is 12.6. The molecule has 1 saturated carbocycles. The maximum Gasteiger partial charge on any atom is 0.408 e. The lowest BCUT2D eigenvalue weighted by atomic mass is 9.99. The van der Waals surface area contributed by atoms with Crippen LogP contribution in [0, 0.1) is 0 Å². The van der Waals surface area contributed by atoms with Crippen LogP contribution >= 0.6 is 0 Å². The van der Waals surface area contributed by atoms with E-state index in [4.69, 9.17) is 4.74 Å². The molecule has 9 heteroatoms. The molecule has 0 radical (unpaired) electrons. The number of fused-ring (bicyclic) bond motifs is 2. The van der Waals surface area contributed by atoms with Crippen molar-refractivity contribution in [3.8, 4) is 0 Å². The van der Waals surface area contributed by atoms with Crippen LogP contribution in [0.4, 0.5) is 4.79 Å². The first kappa shape index (κ1) is 24.8. The predicted molar refractivity (Wildman–Crippen MR) is 143 cm³/mol. The highest BCUT2D eigenvalue weighted by Gasteiger charge is 2.26. The third-order valence-corrected chi connectivity index (χ3v) is 6.85. The van der Waals surface area contributed by atoms with Crippen molar-refractivity contribution in [3.05, 3.63) is 74.2 Å². The van der Waals surface area contributed by atoms with Crippen LogP contribution in [-0.4, -0.2) is 30.4 Å². The van der Waals surface area contributed by atoms with Gasteiger partial charge in [0.1, 0.15) is 11.4 Å². The van der Waals surface area contributed by atoms with Crippen LogP contribution in [0.3, 0.4) is 0 Å². The highest BCUT2D eigenvalue weighted by Crippen LogP contribution is 2.43. The minimum atomic E-state index is -0.643. The number of rotatable bonds is 5. The third-order valence-electron chi connectivity index (χ3n) is 6.85. The zero-order chi connectivity index (χ0) is 26.6. The number of nitrogens with one attached hydrogen (secondary N) is 1. The number of aromatic nitrogens is 4. The lowest BCUT2D eigenvalue weighted by Crippen LogP contribution is -2.39. The number of benzene rings is 2. The Morgan fingerprint density at radius 2 is 1.86 bits per heavy atom. The molecule has 1 fully saturated rings. The minimum absolute atomic E-state index is 0.150. The minimum Gasteiger partial charge on any atom is -0.444 e. The fourth-order valence-corrected chi connectivity index (χ4v) is 4.93. The van der Waals surface area contributed by atoms with Gasteiger partial charge in [-0.25, -0.2) is 14.6 Å². The number of carbonyl (C=O) groups excluding carboxylic acids is 1. The summed E-state index contributed by atoms with van der Waals surface area (Å²) in [6.07, 6.45) is 1.87. The SMILES string of the molecule is CC(NC(=O)OC(C)(C)C)c1nc2c(c(=O)n(Cc3ccc4c(C5CC5)cccc4c3)c(=O)n2C)n1C. The molecule has 0 spiro atoms. The van der Waals surface area contributed by atoms with E-state index in [0.717, 1.165) is 10.9 Å². The monoisotopic (exact) mass is 503 g/mol. The molecule has 2 aromatic carbocycles. The van der Waals surface area contributed by atoms with E-state index in [2.05, 4.69) is 40.6 Å². The molecule has 5 rings (SSSR count). The Hall–Kier alpha value is -3.88. The predicted octanol–water partition coefficient (Wildman–Crippen LogP) is 4.10. The zero-order valence-corrected chi connectivity index (χ0v) is 22.2. The number of imidazole rings is 1. The maximum atomic E-state index is 13.6. The standard InChI is InChI=1S/C28H33N5O4/c1-16(29-26(35)37-28(2,3)4)23-30-24-22(31(23)5)25(34)33(27(36)32(24)6)15-17-10-13-21-19(14-17)8-7-9-20(21)18-11-12-18/h7-10,13-14,16,18H,11-12,15H2,1-6H3,(H,29,35). The second-order valence-corrected chi connectivity index (χ2v) is 11.0. The van der Waals surface area contributed by atoms with Crippen LogP contribution in [0.2, 0.25) is 0 Å². The number of aryl methyl sites for hydroxylation is 2. The van der Waals surface area contributed by atoms with Crippen LogP contribution < -0.4 is 16.6 Å². The second-order valence-electron chi connectivity index (χ2n) is 11.0. The highest BCUT2D eigenvalue weighted by atomic mass is 16.6. The van der Waals surface area contributed by atoms with Gasteiger partial charge in [0, 0.05) is 14.1 Å². The van der Waals surface area contributed by atoms with E-state index in [-0.39, 0.29) is 12.2 Å². The molecule has 9 nitrogen and oxygen atoms in total. The average Bonchev–Trinajstić information content (AvgIpc) is 3.60. The van der Waals surface area contributed by atoms with Crippen LogP contribution in [0.5, 0.6) is 0 Å². The molecular formula is C28H33N5O4. The van der Waals surface area contributed by atoms with Crippen molar-refractivity contribution in [3.63, 3.8) is 0 Å². The topological polar surface area (TPSA) is 100 Å². The number of alkyl carbamates (subject to hydrolysis) is 1. The molecule has 0 bridgehead atoms. The van der Waals surface area contributed by atoms with Gasteiger partial charge in [-0.15, -0.1) is 0 Å². The molecule has 1 aliphatic rings. The van der Waals surface area contributed by atoms with Gasteiger partial charge in [0.2, 0.25) is 0 Å². The average molecular weight is 504 g/mol. The van der Waals surface area contributed by atoms with E-state index < -0.39 is 29.0 Å². The summed E-state index contributed by atoms with van der Waals surface area (Å²) in [5, 5.41) is 5.09. The molecule has 194 valence electrons.